The number of amides is 1. The molecule has 3 rings (SSSR count). The monoisotopic (exact) mass is 406 g/mol. The summed E-state index contributed by atoms with van der Waals surface area (Å²) in [6.45, 7) is 1.31. The lowest BCUT2D eigenvalue weighted by Gasteiger charge is -2.26. The fourth-order valence-electron chi connectivity index (χ4n) is 2.85. The molecule has 0 unspecified atom stereocenters. The van der Waals surface area contributed by atoms with Crippen molar-refractivity contribution in [2.75, 3.05) is 45.8 Å². The molecule has 1 N–H and O–H groups in total. The van der Waals surface area contributed by atoms with Crippen molar-refractivity contribution in [3.8, 4) is 11.5 Å². The number of ether oxygens (including phenoxy) is 3. The van der Waals surface area contributed by atoms with Gasteiger partial charge >= 0.3 is 0 Å². The minimum Gasteiger partial charge on any atom is -0.493 e. The van der Waals surface area contributed by atoms with Gasteiger partial charge < -0.3 is 19.5 Å². The molecule has 9 heteroatoms. The van der Waals surface area contributed by atoms with Gasteiger partial charge in [-0.15, -0.1) is 0 Å². The van der Waals surface area contributed by atoms with Crippen molar-refractivity contribution in [2.45, 2.75) is 4.90 Å². The van der Waals surface area contributed by atoms with Crippen molar-refractivity contribution >= 4 is 21.6 Å². The summed E-state index contributed by atoms with van der Waals surface area (Å²) >= 11 is 0. The topological polar surface area (TPSA) is 94.2 Å². The van der Waals surface area contributed by atoms with E-state index < -0.39 is 15.9 Å². The third kappa shape index (κ3) is 4.27. The maximum atomic E-state index is 12.8. The zero-order valence-electron chi connectivity index (χ0n) is 15.7. The molecule has 2 aromatic rings. The predicted octanol–water partition coefficient (Wildman–Crippen LogP) is 1.98. The number of hydrogen-bond acceptors (Lipinski definition) is 6. The van der Waals surface area contributed by atoms with E-state index in [1.807, 2.05) is 0 Å². The lowest BCUT2D eigenvalue weighted by molar-refractivity contribution is 0.0730. The molecule has 150 valence electrons. The van der Waals surface area contributed by atoms with E-state index >= 15 is 0 Å². The standard InChI is InChI=1S/C19H22N2O6S/c1-25-17-7-6-15(13-18(17)26-2)20-19(22)14-4-3-5-16(12-14)28(23,24)21-8-10-27-11-9-21/h3-7,12-13H,8-11H2,1-2H3,(H,20,22). The number of nitrogens with zero attached hydrogens (tertiary/aromatic N) is 1. The lowest BCUT2D eigenvalue weighted by atomic mass is 10.2. The summed E-state index contributed by atoms with van der Waals surface area (Å²) in [4.78, 5) is 12.7. The third-order valence-electron chi connectivity index (χ3n) is 4.35. The fraction of sp³-hybridized carbons (Fsp3) is 0.316. The largest absolute Gasteiger partial charge is 0.493 e. The molecular weight excluding hydrogens is 384 g/mol. The zero-order chi connectivity index (χ0) is 20.1. The molecule has 1 amide bonds. The molecule has 8 nitrogen and oxygen atoms in total. The fourth-order valence-corrected chi connectivity index (χ4v) is 4.31. The lowest BCUT2D eigenvalue weighted by Crippen LogP contribution is -2.40. The van der Waals surface area contributed by atoms with Crippen molar-refractivity contribution in [3.05, 3.63) is 48.0 Å². The quantitative estimate of drug-likeness (QED) is 0.788. The average Bonchev–Trinajstić information content (AvgIpc) is 2.74. The van der Waals surface area contributed by atoms with Gasteiger partial charge in [-0.25, -0.2) is 8.42 Å². The van der Waals surface area contributed by atoms with Crippen LogP contribution in [0.2, 0.25) is 0 Å². The Balaban J connectivity index is 1.81. The Morgan fingerprint density at radius 2 is 1.75 bits per heavy atom. The molecular formula is C19H22N2O6S. The second-order valence-electron chi connectivity index (χ2n) is 6.07. The van der Waals surface area contributed by atoms with Gasteiger partial charge in [0.2, 0.25) is 10.0 Å². The van der Waals surface area contributed by atoms with E-state index in [9.17, 15) is 13.2 Å². The Kier molecular flexibility index (Phi) is 6.18. The van der Waals surface area contributed by atoms with Crippen LogP contribution >= 0.6 is 0 Å². The highest BCUT2D eigenvalue weighted by Gasteiger charge is 2.26. The van der Waals surface area contributed by atoms with E-state index in [0.29, 0.717) is 43.5 Å². The average molecular weight is 406 g/mol. The molecule has 1 aliphatic heterocycles. The molecule has 2 aromatic carbocycles. The molecule has 0 saturated carbocycles. The van der Waals surface area contributed by atoms with Gasteiger partial charge in [0.15, 0.2) is 11.5 Å². The third-order valence-corrected chi connectivity index (χ3v) is 6.24. The van der Waals surface area contributed by atoms with Gasteiger partial charge in [-0.3, -0.25) is 4.79 Å². The Morgan fingerprint density at radius 3 is 2.43 bits per heavy atom. The summed E-state index contributed by atoms with van der Waals surface area (Å²) in [5.41, 5.74) is 0.744. The molecule has 1 heterocycles. The molecule has 0 atom stereocenters. The highest BCUT2D eigenvalue weighted by Crippen LogP contribution is 2.30. The van der Waals surface area contributed by atoms with Crippen molar-refractivity contribution in [1.82, 2.24) is 4.31 Å². The molecule has 0 bridgehead atoms. The van der Waals surface area contributed by atoms with Gasteiger partial charge in [0.25, 0.3) is 5.91 Å². The zero-order valence-corrected chi connectivity index (χ0v) is 16.5. The number of carbonyl (C=O) groups is 1. The van der Waals surface area contributed by atoms with Crippen LogP contribution in [0.4, 0.5) is 5.69 Å². The van der Waals surface area contributed by atoms with Gasteiger partial charge in [0, 0.05) is 30.4 Å². The number of rotatable bonds is 6. The molecule has 1 aliphatic rings. The van der Waals surface area contributed by atoms with Crippen LogP contribution in [0.15, 0.2) is 47.4 Å². The van der Waals surface area contributed by atoms with E-state index in [1.54, 1.807) is 30.3 Å². The molecule has 0 radical (unpaired) electrons. The normalized spacial score (nSPS) is 15.1. The molecule has 0 spiro atoms. The van der Waals surface area contributed by atoms with Crippen molar-refractivity contribution in [2.24, 2.45) is 0 Å². The van der Waals surface area contributed by atoms with Gasteiger partial charge in [0.1, 0.15) is 0 Å². The first-order valence-electron chi connectivity index (χ1n) is 8.67. The minimum absolute atomic E-state index is 0.0781. The van der Waals surface area contributed by atoms with Gasteiger partial charge in [-0.05, 0) is 30.3 Å². The number of nitrogens with one attached hydrogen (secondary N) is 1. The minimum atomic E-state index is -3.67. The van der Waals surface area contributed by atoms with Gasteiger partial charge in [-0.2, -0.15) is 4.31 Å². The highest BCUT2D eigenvalue weighted by atomic mass is 32.2. The van der Waals surface area contributed by atoms with Gasteiger partial charge in [-0.1, -0.05) is 6.07 Å². The van der Waals surface area contributed by atoms with Crippen molar-refractivity contribution < 1.29 is 27.4 Å². The van der Waals surface area contributed by atoms with Crippen molar-refractivity contribution in [1.29, 1.82) is 0 Å². The van der Waals surface area contributed by atoms with Crippen LogP contribution in [-0.4, -0.2) is 59.2 Å². The highest BCUT2D eigenvalue weighted by molar-refractivity contribution is 7.89. The van der Waals surface area contributed by atoms with Crippen LogP contribution in [-0.2, 0) is 14.8 Å². The Labute approximate surface area is 164 Å². The summed E-state index contributed by atoms with van der Waals surface area (Å²) < 4.78 is 42.5. The second kappa shape index (κ2) is 8.59. The van der Waals surface area contributed by atoms with E-state index in [4.69, 9.17) is 14.2 Å². The van der Waals surface area contributed by atoms with Gasteiger partial charge in [0.05, 0.1) is 32.3 Å². The molecule has 0 aliphatic carbocycles. The van der Waals surface area contributed by atoms with Crippen LogP contribution in [0, 0.1) is 0 Å². The number of morpholine rings is 1. The number of hydrogen-bond donors (Lipinski definition) is 1. The first-order chi connectivity index (χ1) is 13.5. The number of carbonyl (C=O) groups excluding carboxylic acids is 1. The SMILES string of the molecule is COc1ccc(NC(=O)c2cccc(S(=O)(=O)N3CCOCC3)c2)cc1OC. The van der Waals surface area contributed by atoms with E-state index in [-0.39, 0.29) is 10.5 Å². The Bertz CT molecular complexity index is 955. The first kappa shape index (κ1) is 20.1. The van der Waals surface area contributed by atoms with E-state index in [0.717, 1.165) is 0 Å². The summed E-state index contributed by atoms with van der Waals surface area (Å²) in [5.74, 6) is 0.592. The Morgan fingerprint density at radius 1 is 1.04 bits per heavy atom. The smallest absolute Gasteiger partial charge is 0.255 e. The summed E-state index contributed by atoms with van der Waals surface area (Å²) in [6, 6.07) is 11.0. The van der Waals surface area contributed by atoms with Crippen LogP contribution in [0.25, 0.3) is 0 Å². The molecule has 1 fully saturated rings. The second-order valence-corrected chi connectivity index (χ2v) is 8.01. The summed E-state index contributed by atoms with van der Waals surface area (Å²) in [6.07, 6.45) is 0. The summed E-state index contributed by atoms with van der Waals surface area (Å²) in [5, 5.41) is 2.74. The molecule has 1 saturated heterocycles. The molecule has 28 heavy (non-hydrogen) atoms. The first-order valence-corrected chi connectivity index (χ1v) is 10.1. The number of sulfonamides is 1. The summed E-state index contributed by atoms with van der Waals surface area (Å²) in [7, 11) is -0.646. The number of anilines is 1. The molecule has 0 aromatic heterocycles. The maximum absolute atomic E-state index is 12.8. The van der Waals surface area contributed by atoms with Crippen LogP contribution in [0.5, 0.6) is 11.5 Å². The Hall–Kier alpha value is -2.62. The van der Waals surface area contributed by atoms with Crippen LogP contribution in [0.3, 0.4) is 0 Å². The van der Waals surface area contributed by atoms with Crippen LogP contribution in [0.1, 0.15) is 10.4 Å². The maximum Gasteiger partial charge on any atom is 0.255 e. The van der Waals surface area contributed by atoms with Crippen LogP contribution < -0.4 is 14.8 Å². The van der Waals surface area contributed by atoms with Crippen molar-refractivity contribution in [3.63, 3.8) is 0 Å². The number of methoxy groups -OCH3 is 2. The van der Waals surface area contributed by atoms with E-state index in [1.165, 1.54) is 30.7 Å². The number of benzene rings is 2. The predicted molar refractivity (Wildman–Crippen MR) is 104 cm³/mol. The van der Waals surface area contributed by atoms with E-state index in [2.05, 4.69) is 5.32 Å².